The van der Waals surface area contributed by atoms with E-state index in [1.807, 2.05) is 6.26 Å². The minimum absolute atomic E-state index is 0.356. The standard InChI is InChI=1S/C9H12O4S/c1-14-7-6-13-9(12)5-3-2-4-8(10)11/h2-5H,6-7H2,1H3,(H,10,11)/p-1/b4-2-,5-3+. The third kappa shape index (κ3) is 8.86. The highest BCUT2D eigenvalue weighted by Gasteiger charge is 1.93. The quantitative estimate of drug-likeness (QED) is 0.265. The van der Waals surface area contributed by atoms with Gasteiger partial charge in [-0.1, -0.05) is 12.2 Å². The summed E-state index contributed by atoms with van der Waals surface area (Å²) in [6.07, 6.45) is 6.38. The molecule has 0 N–H and O–H groups in total. The molecule has 5 heteroatoms. The highest BCUT2D eigenvalue weighted by Crippen LogP contribution is 1.91. The summed E-state index contributed by atoms with van der Waals surface area (Å²) in [5.41, 5.74) is 0. The Morgan fingerprint density at radius 2 is 2.00 bits per heavy atom. The fourth-order valence-electron chi connectivity index (χ4n) is 0.542. The van der Waals surface area contributed by atoms with Crippen LogP contribution in [0.4, 0.5) is 0 Å². The lowest BCUT2D eigenvalue weighted by molar-refractivity contribution is -0.297. The van der Waals surface area contributed by atoms with E-state index in [9.17, 15) is 14.7 Å². The number of carboxylic acids is 1. The molecular formula is C9H11O4S-. The molecule has 0 aliphatic rings. The van der Waals surface area contributed by atoms with E-state index < -0.39 is 11.9 Å². The number of aliphatic carboxylic acids is 1. The molecule has 14 heavy (non-hydrogen) atoms. The number of hydrogen-bond donors (Lipinski definition) is 0. The van der Waals surface area contributed by atoms with Crippen molar-refractivity contribution < 1.29 is 19.4 Å². The zero-order chi connectivity index (χ0) is 10.8. The molecule has 0 spiro atoms. The van der Waals surface area contributed by atoms with Crippen LogP contribution < -0.4 is 5.11 Å². The Bertz CT molecular complexity index is 245. The van der Waals surface area contributed by atoms with Crippen LogP contribution in [0.15, 0.2) is 24.3 Å². The van der Waals surface area contributed by atoms with Gasteiger partial charge >= 0.3 is 5.97 Å². The van der Waals surface area contributed by atoms with E-state index in [1.54, 1.807) is 11.8 Å². The molecule has 0 saturated carbocycles. The smallest absolute Gasteiger partial charge is 0.330 e. The average molecular weight is 215 g/mol. The van der Waals surface area contributed by atoms with E-state index >= 15 is 0 Å². The molecule has 0 saturated heterocycles. The van der Waals surface area contributed by atoms with Gasteiger partial charge in [0.15, 0.2) is 0 Å². The fourth-order valence-corrected chi connectivity index (χ4v) is 0.792. The maximum atomic E-state index is 10.8. The molecule has 0 aromatic heterocycles. The Morgan fingerprint density at radius 3 is 2.57 bits per heavy atom. The van der Waals surface area contributed by atoms with E-state index in [1.165, 1.54) is 12.2 Å². The van der Waals surface area contributed by atoms with Crippen LogP contribution in [0.1, 0.15) is 0 Å². The summed E-state index contributed by atoms with van der Waals surface area (Å²) >= 11 is 1.57. The lowest BCUT2D eigenvalue weighted by Gasteiger charge is -1.97. The SMILES string of the molecule is CSCCOC(=O)/C=C/C=C\C(=O)[O-]. The topological polar surface area (TPSA) is 66.4 Å². The second-order valence-corrected chi connectivity index (χ2v) is 3.18. The van der Waals surface area contributed by atoms with E-state index in [0.717, 1.165) is 17.9 Å². The van der Waals surface area contributed by atoms with Crippen LogP contribution in [0.3, 0.4) is 0 Å². The summed E-state index contributed by atoms with van der Waals surface area (Å²) in [4.78, 5) is 20.8. The number of carbonyl (C=O) groups is 2. The maximum Gasteiger partial charge on any atom is 0.330 e. The molecule has 0 bridgehead atoms. The molecule has 0 aliphatic heterocycles. The Labute approximate surface area is 86.6 Å². The van der Waals surface area contributed by atoms with Gasteiger partial charge in [0.25, 0.3) is 0 Å². The predicted octanol–water partition coefficient (Wildman–Crippen LogP) is -0.245. The summed E-state index contributed by atoms with van der Waals surface area (Å²) in [7, 11) is 0. The van der Waals surface area contributed by atoms with Gasteiger partial charge in [-0.15, -0.1) is 0 Å². The third-order valence-electron chi connectivity index (χ3n) is 1.11. The summed E-state index contributed by atoms with van der Waals surface area (Å²) in [5.74, 6) is -1.04. The van der Waals surface area contributed by atoms with Gasteiger partial charge in [-0.25, -0.2) is 4.79 Å². The second kappa shape index (κ2) is 8.37. The Morgan fingerprint density at radius 1 is 1.36 bits per heavy atom. The predicted molar refractivity (Wildman–Crippen MR) is 52.6 cm³/mol. The van der Waals surface area contributed by atoms with E-state index in [0.29, 0.717) is 6.61 Å². The number of ether oxygens (including phenoxy) is 1. The van der Waals surface area contributed by atoms with Gasteiger partial charge in [0, 0.05) is 11.8 Å². The van der Waals surface area contributed by atoms with Crippen LogP contribution in [0.5, 0.6) is 0 Å². The first-order valence-electron chi connectivity index (χ1n) is 3.88. The number of thioether (sulfide) groups is 1. The highest BCUT2D eigenvalue weighted by atomic mass is 32.2. The van der Waals surface area contributed by atoms with Crippen LogP contribution in [0.2, 0.25) is 0 Å². The number of esters is 1. The Balaban J connectivity index is 3.66. The molecule has 78 valence electrons. The molecule has 0 heterocycles. The van der Waals surface area contributed by atoms with Crippen molar-refractivity contribution in [3.63, 3.8) is 0 Å². The normalized spacial score (nSPS) is 10.9. The Kier molecular flexibility index (Phi) is 7.64. The molecule has 0 radical (unpaired) electrons. The maximum absolute atomic E-state index is 10.8. The number of rotatable bonds is 6. The molecule has 4 nitrogen and oxygen atoms in total. The van der Waals surface area contributed by atoms with Crippen LogP contribution in [0, 0.1) is 0 Å². The first kappa shape index (κ1) is 12.8. The van der Waals surface area contributed by atoms with Crippen molar-refractivity contribution in [1.82, 2.24) is 0 Å². The number of carboxylic acid groups (broad SMARTS) is 1. The molecule has 0 amide bonds. The molecule has 0 atom stereocenters. The number of carbonyl (C=O) groups excluding carboxylic acids is 2. The molecule has 0 fully saturated rings. The molecule has 0 aromatic rings. The van der Waals surface area contributed by atoms with Gasteiger partial charge in [0.05, 0.1) is 5.97 Å². The number of allylic oxidation sites excluding steroid dienone is 2. The highest BCUT2D eigenvalue weighted by molar-refractivity contribution is 7.98. The van der Waals surface area contributed by atoms with Crippen LogP contribution >= 0.6 is 11.8 Å². The molecule has 0 aromatic carbocycles. The summed E-state index contributed by atoms with van der Waals surface area (Å²) in [6, 6.07) is 0. The molecule has 0 aliphatic carbocycles. The van der Waals surface area contributed by atoms with Gasteiger partial charge in [-0.3, -0.25) is 0 Å². The van der Waals surface area contributed by atoms with Crippen LogP contribution in [0.25, 0.3) is 0 Å². The van der Waals surface area contributed by atoms with Gasteiger partial charge in [-0.05, 0) is 12.3 Å². The lowest BCUT2D eigenvalue weighted by Crippen LogP contribution is -2.18. The van der Waals surface area contributed by atoms with E-state index in [2.05, 4.69) is 0 Å². The van der Waals surface area contributed by atoms with E-state index in [4.69, 9.17) is 4.74 Å². The number of hydrogen-bond acceptors (Lipinski definition) is 5. The van der Waals surface area contributed by atoms with Crippen LogP contribution in [-0.2, 0) is 14.3 Å². The molecule has 0 rings (SSSR count). The van der Waals surface area contributed by atoms with Gasteiger partial charge in [-0.2, -0.15) is 11.8 Å². The van der Waals surface area contributed by atoms with Crippen LogP contribution in [-0.4, -0.2) is 30.6 Å². The minimum Gasteiger partial charge on any atom is -0.545 e. The largest absolute Gasteiger partial charge is 0.545 e. The second-order valence-electron chi connectivity index (χ2n) is 2.20. The van der Waals surface area contributed by atoms with Crippen molar-refractivity contribution in [1.29, 1.82) is 0 Å². The summed E-state index contributed by atoms with van der Waals surface area (Å²) in [5, 5.41) is 9.90. The Hall–Kier alpha value is -1.23. The van der Waals surface area contributed by atoms with E-state index in [-0.39, 0.29) is 0 Å². The van der Waals surface area contributed by atoms with Gasteiger partial charge in [0.2, 0.25) is 0 Å². The van der Waals surface area contributed by atoms with Crippen molar-refractivity contribution >= 4 is 23.7 Å². The van der Waals surface area contributed by atoms with Crippen molar-refractivity contribution in [3.8, 4) is 0 Å². The third-order valence-corrected chi connectivity index (χ3v) is 1.68. The average Bonchev–Trinajstić information content (AvgIpc) is 2.13. The van der Waals surface area contributed by atoms with Gasteiger partial charge < -0.3 is 14.6 Å². The molecular weight excluding hydrogens is 204 g/mol. The molecule has 0 unspecified atom stereocenters. The van der Waals surface area contributed by atoms with Crippen molar-refractivity contribution in [2.24, 2.45) is 0 Å². The summed E-state index contributed by atoms with van der Waals surface area (Å²) < 4.78 is 4.75. The van der Waals surface area contributed by atoms with Crippen molar-refractivity contribution in [2.75, 3.05) is 18.6 Å². The fraction of sp³-hybridized carbons (Fsp3) is 0.333. The first-order valence-corrected chi connectivity index (χ1v) is 5.27. The van der Waals surface area contributed by atoms with Crippen molar-refractivity contribution in [3.05, 3.63) is 24.3 Å². The summed E-state index contributed by atoms with van der Waals surface area (Å²) in [6.45, 7) is 0.356. The van der Waals surface area contributed by atoms with Gasteiger partial charge in [0.1, 0.15) is 6.61 Å². The lowest BCUT2D eigenvalue weighted by atomic mass is 10.4. The monoisotopic (exact) mass is 215 g/mol. The van der Waals surface area contributed by atoms with Crippen molar-refractivity contribution in [2.45, 2.75) is 0 Å². The minimum atomic E-state index is -1.30. The zero-order valence-corrected chi connectivity index (χ0v) is 8.58. The first-order chi connectivity index (χ1) is 6.66. The zero-order valence-electron chi connectivity index (χ0n) is 7.76.